The summed E-state index contributed by atoms with van der Waals surface area (Å²) in [4.78, 5) is 0. The van der Waals surface area contributed by atoms with E-state index < -0.39 is 0 Å². The number of nitrogens with two attached hydrogens (primary N) is 1. The standard InChI is InChI=1S/C16H19BrN2O2/c1-10-8-11(17)4-6-13(10)16(19-18)14-7-5-12(20-2)9-15(14)21-3/h4-9,16,19H,18H2,1-3H3. The molecule has 0 fully saturated rings. The fourth-order valence-electron chi connectivity index (χ4n) is 2.37. The number of halogens is 1. The molecule has 0 radical (unpaired) electrons. The van der Waals surface area contributed by atoms with Crippen molar-refractivity contribution in [3.8, 4) is 11.5 Å². The summed E-state index contributed by atoms with van der Waals surface area (Å²) in [7, 11) is 3.27. The quantitative estimate of drug-likeness (QED) is 0.641. The van der Waals surface area contributed by atoms with Gasteiger partial charge in [-0.1, -0.05) is 22.0 Å². The van der Waals surface area contributed by atoms with Gasteiger partial charge in [0.25, 0.3) is 0 Å². The van der Waals surface area contributed by atoms with Crippen LogP contribution in [0, 0.1) is 6.92 Å². The first-order chi connectivity index (χ1) is 10.1. The molecule has 0 aromatic heterocycles. The van der Waals surface area contributed by atoms with Gasteiger partial charge in [0, 0.05) is 16.1 Å². The van der Waals surface area contributed by atoms with E-state index in [2.05, 4.69) is 34.3 Å². The highest BCUT2D eigenvalue weighted by Crippen LogP contribution is 2.34. The molecule has 0 heterocycles. The summed E-state index contributed by atoms with van der Waals surface area (Å²) in [6.45, 7) is 2.06. The van der Waals surface area contributed by atoms with Crippen molar-refractivity contribution in [2.75, 3.05) is 14.2 Å². The Kier molecular flexibility index (Phi) is 5.22. The third kappa shape index (κ3) is 3.37. The van der Waals surface area contributed by atoms with Crippen LogP contribution in [0.1, 0.15) is 22.7 Å². The van der Waals surface area contributed by atoms with Gasteiger partial charge in [0.2, 0.25) is 0 Å². The van der Waals surface area contributed by atoms with E-state index in [1.165, 1.54) is 0 Å². The van der Waals surface area contributed by atoms with Crippen molar-refractivity contribution in [1.29, 1.82) is 0 Å². The number of rotatable bonds is 5. The summed E-state index contributed by atoms with van der Waals surface area (Å²) in [5.41, 5.74) is 6.08. The molecule has 1 atom stereocenters. The van der Waals surface area contributed by atoms with Crippen molar-refractivity contribution in [1.82, 2.24) is 5.43 Å². The molecule has 0 spiro atoms. The van der Waals surface area contributed by atoms with Gasteiger partial charge in [-0.3, -0.25) is 5.84 Å². The van der Waals surface area contributed by atoms with Crippen molar-refractivity contribution < 1.29 is 9.47 Å². The molecular formula is C16H19BrN2O2. The molecule has 5 heteroatoms. The van der Waals surface area contributed by atoms with E-state index in [1.807, 2.05) is 30.3 Å². The van der Waals surface area contributed by atoms with Crippen LogP contribution in [0.2, 0.25) is 0 Å². The van der Waals surface area contributed by atoms with E-state index in [-0.39, 0.29) is 6.04 Å². The first-order valence-electron chi connectivity index (χ1n) is 6.54. The molecule has 4 nitrogen and oxygen atoms in total. The maximum Gasteiger partial charge on any atom is 0.127 e. The minimum atomic E-state index is -0.154. The van der Waals surface area contributed by atoms with Gasteiger partial charge < -0.3 is 9.47 Å². The second kappa shape index (κ2) is 6.93. The van der Waals surface area contributed by atoms with E-state index in [0.29, 0.717) is 0 Å². The Morgan fingerprint density at radius 1 is 1.05 bits per heavy atom. The van der Waals surface area contributed by atoms with E-state index >= 15 is 0 Å². The summed E-state index contributed by atoms with van der Waals surface area (Å²) in [6.07, 6.45) is 0. The number of ether oxygens (including phenoxy) is 2. The fraction of sp³-hybridized carbons (Fsp3) is 0.250. The van der Waals surface area contributed by atoms with Gasteiger partial charge in [0.05, 0.1) is 20.3 Å². The topological polar surface area (TPSA) is 56.5 Å². The summed E-state index contributed by atoms with van der Waals surface area (Å²) >= 11 is 3.48. The highest BCUT2D eigenvalue weighted by Gasteiger charge is 2.19. The molecule has 2 aromatic carbocycles. The van der Waals surface area contributed by atoms with Gasteiger partial charge in [-0.05, 0) is 42.3 Å². The summed E-state index contributed by atoms with van der Waals surface area (Å²) in [6, 6.07) is 11.7. The lowest BCUT2D eigenvalue weighted by Crippen LogP contribution is -2.29. The SMILES string of the molecule is COc1ccc(C(NN)c2ccc(Br)cc2C)c(OC)c1. The predicted octanol–water partition coefficient (Wildman–Crippen LogP) is 3.33. The first kappa shape index (κ1) is 15.8. The van der Waals surface area contributed by atoms with Crippen LogP contribution in [0.3, 0.4) is 0 Å². The van der Waals surface area contributed by atoms with E-state index in [0.717, 1.165) is 32.7 Å². The highest BCUT2D eigenvalue weighted by atomic mass is 79.9. The van der Waals surface area contributed by atoms with Gasteiger partial charge in [-0.25, -0.2) is 5.43 Å². The Bertz CT molecular complexity index is 632. The molecule has 0 aliphatic heterocycles. The minimum Gasteiger partial charge on any atom is -0.497 e. The van der Waals surface area contributed by atoms with E-state index in [4.69, 9.17) is 15.3 Å². The lowest BCUT2D eigenvalue weighted by atomic mass is 9.95. The molecular weight excluding hydrogens is 332 g/mol. The molecule has 1 unspecified atom stereocenters. The fourth-order valence-corrected chi connectivity index (χ4v) is 2.84. The van der Waals surface area contributed by atoms with Crippen molar-refractivity contribution in [2.24, 2.45) is 5.84 Å². The zero-order valence-corrected chi connectivity index (χ0v) is 13.9. The average molecular weight is 351 g/mol. The normalized spacial score (nSPS) is 12.0. The van der Waals surface area contributed by atoms with Crippen LogP contribution in [0.25, 0.3) is 0 Å². The van der Waals surface area contributed by atoms with Crippen molar-refractivity contribution in [2.45, 2.75) is 13.0 Å². The van der Waals surface area contributed by atoms with Crippen molar-refractivity contribution in [3.63, 3.8) is 0 Å². The molecule has 0 aliphatic rings. The van der Waals surface area contributed by atoms with Gasteiger partial charge in [-0.2, -0.15) is 0 Å². The number of hydrazine groups is 1. The monoisotopic (exact) mass is 350 g/mol. The van der Waals surface area contributed by atoms with E-state index in [9.17, 15) is 0 Å². The van der Waals surface area contributed by atoms with Gasteiger partial charge in [0.1, 0.15) is 11.5 Å². The largest absolute Gasteiger partial charge is 0.497 e. The second-order valence-corrected chi connectivity index (χ2v) is 5.62. The second-order valence-electron chi connectivity index (χ2n) is 4.71. The van der Waals surface area contributed by atoms with E-state index in [1.54, 1.807) is 14.2 Å². The first-order valence-corrected chi connectivity index (χ1v) is 7.34. The minimum absolute atomic E-state index is 0.154. The Morgan fingerprint density at radius 3 is 2.33 bits per heavy atom. The third-order valence-electron chi connectivity index (χ3n) is 3.46. The van der Waals surface area contributed by atoms with Crippen LogP contribution in [0.15, 0.2) is 40.9 Å². The number of hydrogen-bond acceptors (Lipinski definition) is 4. The van der Waals surface area contributed by atoms with Crippen molar-refractivity contribution >= 4 is 15.9 Å². The smallest absolute Gasteiger partial charge is 0.127 e. The Morgan fingerprint density at radius 2 is 1.76 bits per heavy atom. The Balaban J connectivity index is 2.50. The molecule has 0 bridgehead atoms. The third-order valence-corrected chi connectivity index (χ3v) is 3.95. The highest BCUT2D eigenvalue weighted by molar-refractivity contribution is 9.10. The molecule has 2 rings (SSSR count). The molecule has 0 amide bonds. The summed E-state index contributed by atoms with van der Waals surface area (Å²) < 4.78 is 11.7. The predicted molar refractivity (Wildman–Crippen MR) is 87.6 cm³/mol. The van der Waals surface area contributed by atoms with Gasteiger partial charge in [-0.15, -0.1) is 0 Å². The zero-order chi connectivity index (χ0) is 15.4. The van der Waals surface area contributed by atoms with Crippen LogP contribution in [-0.2, 0) is 0 Å². The Hall–Kier alpha value is -1.56. The van der Waals surface area contributed by atoms with Crippen molar-refractivity contribution in [3.05, 3.63) is 57.6 Å². The Labute approximate surface area is 133 Å². The number of benzene rings is 2. The van der Waals surface area contributed by atoms with Gasteiger partial charge in [0.15, 0.2) is 0 Å². The molecule has 0 aliphatic carbocycles. The molecule has 2 aromatic rings. The average Bonchev–Trinajstić information content (AvgIpc) is 2.50. The molecule has 0 saturated carbocycles. The van der Waals surface area contributed by atoms with Crippen LogP contribution >= 0.6 is 15.9 Å². The lowest BCUT2D eigenvalue weighted by molar-refractivity contribution is 0.387. The summed E-state index contributed by atoms with van der Waals surface area (Å²) in [5.74, 6) is 7.27. The number of nitrogens with one attached hydrogen (secondary N) is 1. The number of aryl methyl sites for hydroxylation is 1. The molecule has 21 heavy (non-hydrogen) atoms. The number of hydrogen-bond donors (Lipinski definition) is 2. The zero-order valence-electron chi connectivity index (χ0n) is 12.3. The maximum absolute atomic E-state index is 5.79. The number of methoxy groups -OCH3 is 2. The maximum atomic E-state index is 5.79. The molecule has 3 N–H and O–H groups in total. The summed E-state index contributed by atoms with van der Waals surface area (Å²) in [5, 5.41) is 0. The van der Waals surface area contributed by atoms with Gasteiger partial charge >= 0.3 is 0 Å². The van der Waals surface area contributed by atoms with Crippen LogP contribution < -0.4 is 20.7 Å². The van der Waals surface area contributed by atoms with Crippen LogP contribution in [0.4, 0.5) is 0 Å². The van der Waals surface area contributed by atoms with Crippen LogP contribution in [-0.4, -0.2) is 14.2 Å². The van der Waals surface area contributed by atoms with Crippen LogP contribution in [0.5, 0.6) is 11.5 Å². The lowest BCUT2D eigenvalue weighted by Gasteiger charge is -2.22. The molecule has 0 saturated heterocycles. The molecule has 112 valence electrons.